The lowest BCUT2D eigenvalue weighted by atomic mass is 10.2. The van der Waals surface area contributed by atoms with Crippen molar-refractivity contribution in [1.82, 2.24) is 9.88 Å². The fourth-order valence-corrected chi connectivity index (χ4v) is 2.66. The number of carbonyl (C=O) groups is 1. The lowest BCUT2D eigenvalue weighted by molar-refractivity contribution is 0.0788. The number of thiophene rings is 1. The van der Waals surface area contributed by atoms with Crippen LogP contribution in [0.3, 0.4) is 0 Å². The summed E-state index contributed by atoms with van der Waals surface area (Å²) >= 11 is 1.51. The number of aromatic nitrogens is 1. The zero-order valence-corrected chi connectivity index (χ0v) is 11.4. The van der Waals surface area contributed by atoms with Crippen LogP contribution in [0.4, 0.5) is 0 Å². The number of hydrogen-bond donors (Lipinski definition) is 0. The number of rotatable bonds is 4. The molecule has 4 heteroatoms. The monoisotopic (exact) mass is 260 g/mol. The summed E-state index contributed by atoms with van der Waals surface area (Å²) in [5, 5.41) is 2.04. The Morgan fingerprint density at radius 1 is 1.44 bits per heavy atom. The molecule has 0 radical (unpaired) electrons. The summed E-state index contributed by atoms with van der Waals surface area (Å²) in [5.74, 6) is 0.0605. The van der Waals surface area contributed by atoms with E-state index in [1.54, 1.807) is 11.1 Å². The molecule has 0 N–H and O–H groups in total. The van der Waals surface area contributed by atoms with Crippen molar-refractivity contribution in [1.29, 1.82) is 0 Å². The van der Waals surface area contributed by atoms with Crippen LogP contribution in [-0.4, -0.2) is 22.8 Å². The van der Waals surface area contributed by atoms with Gasteiger partial charge in [0.05, 0.1) is 17.1 Å². The number of aryl methyl sites for hydroxylation is 1. The van der Waals surface area contributed by atoms with Gasteiger partial charge in [-0.1, -0.05) is 13.0 Å². The van der Waals surface area contributed by atoms with Crippen molar-refractivity contribution in [3.05, 3.63) is 52.0 Å². The fourth-order valence-electron chi connectivity index (χ4n) is 1.67. The lowest BCUT2D eigenvalue weighted by Crippen LogP contribution is -2.25. The third-order valence-electron chi connectivity index (χ3n) is 2.74. The van der Waals surface area contributed by atoms with Gasteiger partial charge in [-0.05, 0) is 35.6 Å². The number of carbonyl (C=O) groups excluding carboxylic acids is 1. The minimum absolute atomic E-state index is 0.0605. The SMILES string of the molecule is CCc1csc(C(=O)N(C)Cc2ccccn2)c1. The van der Waals surface area contributed by atoms with E-state index in [9.17, 15) is 4.79 Å². The number of hydrogen-bond acceptors (Lipinski definition) is 3. The van der Waals surface area contributed by atoms with E-state index in [1.165, 1.54) is 16.9 Å². The van der Waals surface area contributed by atoms with Crippen molar-refractivity contribution in [2.24, 2.45) is 0 Å². The van der Waals surface area contributed by atoms with Crippen molar-refractivity contribution >= 4 is 17.2 Å². The molecular weight excluding hydrogens is 244 g/mol. The molecule has 3 nitrogen and oxygen atoms in total. The summed E-state index contributed by atoms with van der Waals surface area (Å²) in [5.41, 5.74) is 2.12. The van der Waals surface area contributed by atoms with Gasteiger partial charge in [-0.3, -0.25) is 9.78 Å². The third-order valence-corrected chi connectivity index (χ3v) is 3.71. The molecule has 2 rings (SSSR count). The van der Waals surface area contributed by atoms with Crippen molar-refractivity contribution in [2.45, 2.75) is 19.9 Å². The average molecular weight is 260 g/mol. The van der Waals surface area contributed by atoms with E-state index >= 15 is 0 Å². The molecule has 2 aromatic heterocycles. The Hall–Kier alpha value is -1.68. The smallest absolute Gasteiger partial charge is 0.264 e. The highest BCUT2D eigenvalue weighted by molar-refractivity contribution is 7.12. The Balaban J connectivity index is 2.05. The topological polar surface area (TPSA) is 33.2 Å². The maximum absolute atomic E-state index is 12.2. The van der Waals surface area contributed by atoms with Crippen molar-refractivity contribution in [3.63, 3.8) is 0 Å². The predicted octanol–water partition coefficient (Wildman–Crippen LogP) is 2.98. The molecule has 0 fully saturated rings. The van der Waals surface area contributed by atoms with Crippen LogP contribution in [-0.2, 0) is 13.0 Å². The minimum atomic E-state index is 0.0605. The number of amides is 1. The molecule has 0 aliphatic rings. The Morgan fingerprint density at radius 3 is 2.89 bits per heavy atom. The van der Waals surface area contributed by atoms with Crippen LogP contribution in [0.1, 0.15) is 27.9 Å². The van der Waals surface area contributed by atoms with Crippen LogP contribution in [0, 0.1) is 0 Å². The quantitative estimate of drug-likeness (QED) is 0.846. The molecule has 94 valence electrons. The van der Waals surface area contributed by atoms with Gasteiger partial charge in [-0.2, -0.15) is 0 Å². The van der Waals surface area contributed by atoms with E-state index < -0.39 is 0 Å². The van der Waals surface area contributed by atoms with Crippen molar-refractivity contribution in [3.8, 4) is 0 Å². The van der Waals surface area contributed by atoms with Gasteiger partial charge in [0.15, 0.2) is 0 Å². The molecule has 0 unspecified atom stereocenters. The largest absolute Gasteiger partial charge is 0.335 e. The minimum Gasteiger partial charge on any atom is -0.335 e. The Labute approximate surface area is 111 Å². The summed E-state index contributed by atoms with van der Waals surface area (Å²) in [7, 11) is 1.81. The molecule has 0 aliphatic carbocycles. The second-order valence-electron chi connectivity index (χ2n) is 4.16. The van der Waals surface area contributed by atoms with E-state index in [0.29, 0.717) is 6.54 Å². The highest BCUT2D eigenvalue weighted by Gasteiger charge is 2.14. The normalized spacial score (nSPS) is 10.3. The summed E-state index contributed by atoms with van der Waals surface area (Å²) in [6, 6.07) is 7.71. The second-order valence-corrected chi connectivity index (χ2v) is 5.07. The standard InChI is InChI=1S/C14H16N2OS/c1-3-11-8-13(18-10-11)14(17)16(2)9-12-6-4-5-7-15-12/h4-8,10H,3,9H2,1-2H3. The zero-order valence-electron chi connectivity index (χ0n) is 10.6. The van der Waals surface area contributed by atoms with Gasteiger partial charge in [-0.15, -0.1) is 11.3 Å². The molecule has 0 bridgehead atoms. The Morgan fingerprint density at radius 2 is 2.28 bits per heavy atom. The summed E-state index contributed by atoms with van der Waals surface area (Å²) in [4.78, 5) is 18.9. The second kappa shape index (κ2) is 5.78. The highest BCUT2D eigenvalue weighted by atomic mass is 32.1. The van der Waals surface area contributed by atoms with E-state index in [0.717, 1.165) is 17.0 Å². The van der Waals surface area contributed by atoms with Crippen LogP contribution in [0.15, 0.2) is 35.8 Å². The average Bonchev–Trinajstić information content (AvgIpc) is 2.87. The first-order chi connectivity index (χ1) is 8.70. The fraction of sp³-hybridized carbons (Fsp3) is 0.286. The lowest BCUT2D eigenvalue weighted by Gasteiger charge is -2.15. The van der Waals surface area contributed by atoms with Gasteiger partial charge >= 0.3 is 0 Å². The molecule has 0 saturated heterocycles. The maximum Gasteiger partial charge on any atom is 0.264 e. The van der Waals surface area contributed by atoms with Crippen LogP contribution >= 0.6 is 11.3 Å². The third kappa shape index (κ3) is 2.96. The first-order valence-corrected chi connectivity index (χ1v) is 6.81. The zero-order chi connectivity index (χ0) is 13.0. The molecule has 18 heavy (non-hydrogen) atoms. The van der Waals surface area contributed by atoms with Gasteiger partial charge in [-0.25, -0.2) is 0 Å². The predicted molar refractivity (Wildman–Crippen MR) is 73.7 cm³/mol. The first kappa shape index (κ1) is 12.8. The van der Waals surface area contributed by atoms with Gasteiger partial charge in [0.1, 0.15) is 0 Å². The van der Waals surface area contributed by atoms with Crippen LogP contribution < -0.4 is 0 Å². The Kier molecular flexibility index (Phi) is 4.10. The van der Waals surface area contributed by atoms with Crippen LogP contribution in [0.25, 0.3) is 0 Å². The molecule has 0 spiro atoms. The van der Waals surface area contributed by atoms with E-state index in [2.05, 4.69) is 11.9 Å². The molecule has 1 amide bonds. The molecule has 0 aromatic carbocycles. The first-order valence-electron chi connectivity index (χ1n) is 5.93. The molecule has 2 aromatic rings. The van der Waals surface area contributed by atoms with Crippen LogP contribution in [0.5, 0.6) is 0 Å². The van der Waals surface area contributed by atoms with E-state index in [4.69, 9.17) is 0 Å². The number of pyridine rings is 1. The van der Waals surface area contributed by atoms with Crippen molar-refractivity contribution in [2.75, 3.05) is 7.05 Å². The highest BCUT2D eigenvalue weighted by Crippen LogP contribution is 2.17. The summed E-state index contributed by atoms with van der Waals surface area (Å²) in [6.07, 6.45) is 2.71. The van der Waals surface area contributed by atoms with Crippen molar-refractivity contribution < 1.29 is 4.79 Å². The molecule has 0 saturated carbocycles. The molecule has 0 atom stereocenters. The summed E-state index contributed by atoms with van der Waals surface area (Å²) in [6.45, 7) is 2.63. The van der Waals surface area contributed by atoms with Gasteiger partial charge in [0.25, 0.3) is 5.91 Å². The van der Waals surface area contributed by atoms with Gasteiger partial charge in [0.2, 0.25) is 0 Å². The van der Waals surface area contributed by atoms with Crippen LogP contribution in [0.2, 0.25) is 0 Å². The maximum atomic E-state index is 12.2. The molecule has 0 aliphatic heterocycles. The van der Waals surface area contributed by atoms with E-state index in [-0.39, 0.29) is 5.91 Å². The number of nitrogens with zero attached hydrogens (tertiary/aromatic N) is 2. The Bertz CT molecular complexity index is 522. The van der Waals surface area contributed by atoms with Gasteiger partial charge in [0, 0.05) is 13.2 Å². The van der Waals surface area contributed by atoms with Gasteiger partial charge < -0.3 is 4.90 Å². The summed E-state index contributed by atoms with van der Waals surface area (Å²) < 4.78 is 0. The van der Waals surface area contributed by atoms with E-state index in [1.807, 2.05) is 36.7 Å². The molecular formula is C14H16N2OS. The molecule has 2 heterocycles.